The van der Waals surface area contributed by atoms with Gasteiger partial charge >= 0.3 is 6.03 Å². The average molecular weight is 365 g/mol. The van der Waals surface area contributed by atoms with Crippen LogP contribution in [-0.4, -0.2) is 18.0 Å². The van der Waals surface area contributed by atoms with Gasteiger partial charge in [0.15, 0.2) is 4.67 Å². The molecule has 0 spiro atoms. The van der Waals surface area contributed by atoms with E-state index < -0.39 is 0 Å². The van der Waals surface area contributed by atoms with E-state index in [0.717, 1.165) is 17.0 Å². The highest BCUT2D eigenvalue weighted by atomic mass is 79.9. The summed E-state index contributed by atoms with van der Waals surface area (Å²) >= 11 is 3.26. The number of furan rings is 1. The van der Waals surface area contributed by atoms with E-state index >= 15 is 0 Å². The molecule has 0 aliphatic heterocycles. The molecule has 0 saturated carbocycles. The first-order valence-electron chi connectivity index (χ1n) is 7.13. The largest absolute Gasteiger partial charge is 0.452 e. The van der Waals surface area contributed by atoms with Crippen molar-refractivity contribution in [1.82, 2.24) is 4.90 Å². The Balaban J connectivity index is 2.09. The van der Waals surface area contributed by atoms with E-state index in [1.54, 1.807) is 11.9 Å². The third kappa shape index (κ3) is 4.13. The SMILES string of the molecule is CN(Cc1ccc(Br)o1)C(=O)Nc1ccccc1C(C)(C)C. The van der Waals surface area contributed by atoms with Crippen LogP contribution in [0.5, 0.6) is 0 Å². The van der Waals surface area contributed by atoms with Gasteiger partial charge in [0.1, 0.15) is 5.76 Å². The molecule has 0 atom stereocenters. The second-order valence-corrected chi connectivity index (χ2v) is 7.07. The molecular formula is C17H21BrN2O2. The van der Waals surface area contributed by atoms with Crippen molar-refractivity contribution in [2.45, 2.75) is 32.7 Å². The minimum Gasteiger partial charge on any atom is -0.452 e. The van der Waals surface area contributed by atoms with Crippen LogP contribution < -0.4 is 5.32 Å². The molecule has 1 aromatic carbocycles. The van der Waals surface area contributed by atoms with E-state index in [4.69, 9.17) is 4.42 Å². The van der Waals surface area contributed by atoms with E-state index in [1.165, 1.54) is 0 Å². The quantitative estimate of drug-likeness (QED) is 0.832. The summed E-state index contributed by atoms with van der Waals surface area (Å²) in [6.45, 7) is 6.79. The number of anilines is 1. The van der Waals surface area contributed by atoms with Crippen LogP contribution in [0.3, 0.4) is 0 Å². The first-order chi connectivity index (χ1) is 10.3. The fourth-order valence-corrected chi connectivity index (χ4v) is 2.54. The van der Waals surface area contributed by atoms with Crippen LogP contribution in [0.2, 0.25) is 0 Å². The first kappa shape index (κ1) is 16.6. The molecule has 0 radical (unpaired) electrons. The first-order valence-corrected chi connectivity index (χ1v) is 7.92. The molecule has 0 fully saturated rings. The van der Waals surface area contributed by atoms with E-state index in [0.29, 0.717) is 11.2 Å². The lowest BCUT2D eigenvalue weighted by molar-refractivity contribution is 0.216. The van der Waals surface area contributed by atoms with Crippen molar-refractivity contribution < 1.29 is 9.21 Å². The summed E-state index contributed by atoms with van der Waals surface area (Å²) in [7, 11) is 1.74. The number of carbonyl (C=O) groups is 1. The van der Waals surface area contributed by atoms with Crippen molar-refractivity contribution in [2.24, 2.45) is 0 Å². The molecule has 1 N–H and O–H groups in total. The molecule has 0 bridgehead atoms. The topological polar surface area (TPSA) is 45.5 Å². The summed E-state index contributed by atoms with van der Waals surface area (Å²) in [5.74, 6) is 0.730. The summed E-state index contributed by atoms with van der Waals surface area (Å²) in [4.78, 5) is 14.0. The summed E-state index contributed by atoms with van der Waals surface area (Å²) in [5, 5.41) is 2.98. The maximum atomic E-state index is 12.4. The Hall–Kier alpha value is -1.75. The number of carbonyl (C=O) groups excluding carboxylic acids is 1. The Morgan fingerprint density at radius 1 is 1.23 bits per heavy atom. The molecule has 1 heterocycles. The molecule has 22 heavy (non-hydrogen) atoms. The highest BCUT2D eigenvalue weighted by molar-refractivity contribution is 9.10. The van der Waals surface area contributed by atoms with Crippen LogP contribution in [0.15, 0.2) is 45.5 Å². The number of hydrogen-bond acceptors (Lipinski definition) is 2. The van der Waals surface area contributed by atoms with Gasteiger partial charge in [0, 0.05) is 12.7 Å². The normalized spacial score (nSPS) is 11.3. The van der Waals surface area contributed by atoms with Gasteiger partial charge in [0.2, 0.25) is 0 Å². The average Bonchev–Trinajstić information content (AvgIpc) is 2.83. The molecular weight excluding hydrogens is 344 g/mol. The number of para-hydroxylation sites is 1. The standard InChI is InChI=1S/C17H21BrN2O2/c1-17(2,3)13-7-5-6-8-14(13)19-16(21)20(4)11-12-9-10-15(18)22-12/h5-10H,11H2,1-4H3,(H,19,21). The van der Waals surface area contributed by atoms with Gasteiger partial charge in [0.25, 0.3) is 0 Å². The Morgan fingerprint density at radius 3 is 2.50 bits per heavy atom. The van der Waals surface area contributed by atoms with Gasteiger partial charge in [0.05, 0.1) is 6.54 Å². The van der Waals surface area contributed by atoms with Crippen LogP contribution in [0.4, 0.5) is 10.5 Å². The van der Waals surface area contributed by atoms with Gasteiger partial charge < -0.3 is 14.6 Å². The number of nitrogens with one attached hydrogen (secondary N) is 1. The summed E-state index contributed by atoms with van der Waals surface area (Å²) in [6.07, 6.45) is 0. The van der Waals surface area contributed by atoms with Gasteiger partial charge in [-0.15, -0.1) is 0 Å². The lowest BCUT2D eigenvalue weighted by atomic mass is 9.86. The number of hydrogen-bond donors (Lipinski definition) is 1. The molecule has 0 unspecified atom stereocenters. The Labute approximate surface area is 139 Å². The summed E-state index contributed by atoms with van der Waals surface area (Å²) in [6, 6.07) is 11.4. The van der Waals surface area contributed by atoms with Gasteiger partial charge in [-0.3, -0.25) is 0 Å². The highest BCUT2D eigenvalue weighted by Crippen LogP contribution is 2.29. The second-order valence-electron chi connectivity index (χ2n) is 6.29. The third-order valence-corrected chi connectivity index (χ3v) is 3.77. The van der Waals surface area contributed by atoms with E-state index in [9.17, 15) is 4.79 Å². The van der Waals surface area contributed by atoms with Crippen LogP contribution in [-0.2, 0) is 12.0 Å². The van der Waals surface area contributed by atoms with Gasteiger partial charge in [-0.2, -0.15) is 0 Å². The van der Waals surface area contributed by atoms with Crippen molar-refractivity contribution >= 4 is 27.6 Å². The predicted octanol–water partition coefficient (Wildman–Crippen LogP) is 5.00. The minimum atomic E-state index is -0.163. The Kier molecular flexibility index (Phi) is 4.96. The second kappa shape index (κ2) is 6.57. The molecule has 5 heteroatoms. The van der Waals surface area contributed by atoms with E-state index in [-0.39, 0.29) is 11.4 Å². The zero-order valence-corrected chi connectivity index (χ0v) is 14.9. The molecule has 2 aromatic rings. The maximum Gasteiger partial charge on any atom is 0.322 e. The van der Waals surface area contributed by atoms with Crippen molar-refractivity contribution in [3.8, 4) is 0 Å². The number of benzene rings is 1. The van der Waals surface area contributed by atoms with Crippen LogP contribution >= 0.6 is 15.9 Å². The van der Waals surface area contributed by atoms with Crippen molar-refractivity contribution in [3.63, 3.8) is 0 Å². The van der Waals surface area contributed by atoms with Crippen molar-refractivity contribution in [3.05, 3.63) is 52.4 Å². The number of urea groups is 1. The molecule has 1 aromatic heterocycles. The number of nitrogens with zero attached hydrogens (tertiary/aromatic N) is 1. The van der Waals surface area contributed by atoms with E-state index in [2.05, 4.69) is 42.0 Å². The van der Waals surface area contributed by atoms with Gasteiger partial charge in [-0.05, 0) is 45.1 Å². The molecule has 2 rings (SSSR count). The fourth-order valence-electron chi connectivity index (χ4n) is 2.20. The molecule has 0 aliphatic carbocycles. The predicted molar refractivity (Wildman–Crippen MR) is 92.0 cm³/mol. The number of halogens is 1. The molecule has 2 amide bonds. The van der Waals surface area contributed by atoms with Crippen molar-refractivity contribution in [1.29, 1.82) is 0 Å². The molecule has 118 valence electrons. The Morgan fingerprint density at radius 2 is 1.91 bits per heavy atom. The number of amides is 2. The lowest BCUT2D eigenvalue weighted by Crippen LogP contribution is -2.31. The Bertz CT molecular complexity index is 659. The van der Waals surface area contributed by atoms with Gasteiger partial charge in [-0.1, -0.05) is 39.0 Å². The smallest absolute Gasteiger partial charge is 0.322 e. The number of rotatable bonds is 3. The monoisotopic (exact) mass is 364 g/mol. The fraction of sp³-hybridized carbons (Fsp3) is 0.353. The minimum absolute atomic E-state index is 0.0334. The summed E-state index contributed by atoms with van der Waals surface area (Å²) < 4.78 is 6.09. The zero-order valence-electron chi connectivity index (χ0n) is 13.3. The van der Waals surface area contributed by atoms with Crippen molar-refractivity contribution in [2.75, 3.05) is 12.4 Å². The zero-order chi connectivity index (χ0) is 16.3. The molecule has 4 nitrogen and oxygen atoms in total. The highest BCUT2D eigenvalue weighted by Gasteiger charge is 2.19. The summed E-state index contributed by atoms with van der Waals surface area (Å²) in [5.41, 5.74) is 1.92. The van der Waals surface area contributed by atoms with Crippen LogP contribution in [0, 0.1) is 0 Å². The third-order valence-electron chi connectivity index (χ3n) is 3.35. The molecule has 0 aliphatic rings. The van der Waals surface area contributed by atoms with E-state index in [1.807, 2.05) is 36.4 Å². The van der Waals surface area contributed by atoms with Crippen LogP contribution in [0.1, 0.15) is 32.1 Å². The maximum absolute atomic E-state index is 12.4. The van der Waals surface area contributed by atoms with Gasteiger partial charge in [-0.25, -0.2) is 4.79 Å². The lowest BCUT2D eigenvalue weighted by Gasteiger charge is -2.24. The molecule has 0 saturated heterocycles. The van der Waals surface area contributed by atoms with Crippen LogP contribution in [0.25, 0.3) is 0 Å².